The number of piperidine rings is 2. The summed E-state index contributed by atoms with van der Waals surface area (Å²) in [5.41, 5.74) is 0.0760. The van der Waals surface area contributed by atoms with Crippen molar-refractivity contribution in [3.8, 4) is 0 Å². The highest BCUT2D eigenvalue weighted by atomic mass is 16.3. The zero-order valence-electron chi connectivity index (χ0n) is 17.2. The molecule has 0 aromatic heterocycles. The minimum Gasteiger partial charge on any atom is -0.389 e. The fraction of sp³-hybridized carbons (Fsp3) is 0.560. The molecule has 154 valence electrons. The summed E-state index contributed by atoms with van der Waals surface area (Å²) in [5, 5.41) is 17.4. The fourth-order valence-electron chi connectivity index (χ4n) is 6.03. The van der Waals surface area contributed by atoms with Crippen LogP contribution in [-0.2, 0) is 4.79 Å². The van der Waals surface area contributed by atoms with Crippen molar-refractivity contribution in [1.29, 1.82) is 0 Å². The average molecular weight is 393 g/mol. The lowest BCUT2D eigenvalue weighted by molar-refractivity contribution is -0.184. The van der Waals surface area contributed by atoms with Crippen LogP contribution < -0.4 is 5.32 Å². The number of fused-ring (bicyclic) bond motifs is 1. The van der Waals surface area contributed by atoms with Crippen LogP contribution in [0.3, 0.4) is 0 Å². The number of amides is 1. The van der Waals surface area contributed by atoms with E-state index < -0.39 is 11.0 Å². The molecule has 2 heterocycles. The second-order valence-corrected chi connectivity index (χ2v) is 9.35. The van der Waals surface area contributed by atoms with Gasteiger partial charge in [0, 0.05) is 13.1 Å². The van der Waals surface area contributed by atoms with Crippen LogP contribution >= 0.6 is 0 Å². The second-order valence-electron chi connectivity index (χ2n) is 9.35. The van der Waals surface area contributed by atoms with Crippen molar-refractivity contribution in [3.63, 3.8) is 0 Å². The van der Waals surface area contributed by atoms with E-state index >= 15 is 0 Å². The molecule has 2 N–H and O–H groups in total. The van der Waals surface area contributed by atoms with E-state index in [1.807, 2.05) is 0 Å². The molecule has 4 nitrogen and oxygen atoms in total. The molecular formula is C25H32N2O2. The monoisotopic (exact) mass is 392 g/mol. The Morgan fingerprint density at radius 2 is 1.66 bits per heavy atom. The lowest BCUT2D eigenvalue weighted by Crippen LogP contribution is -2.64. The number of nitrogens with one attached hydrogen (secondary N) is 1. The summed E-state index contributed by atoms with van der Waals surface area (Å²) in [7, 11) is 0. The van der Waals surface area contributed by atoms with E-state index in [9.17, 15) is 9.90 Å². The van der Waals surface area contributed by atoms with Crippen LogP contribution in [0.25, 0.3) is 10.8 Å². The Morgan fingerprint density at radius 1 is 0.966 bits per heavy atom. The highest BCUT2D eigenvalue weighted by Crippen LogP contribution is 2.54. The third kappa shape index (κ3) is 3.08. The van der Waals surface area contributed by atoms with Crippen molar-refractivity contribution in [2.24, 2.45) is 5.41 Å². The van der Waals surface area contributed by atoms with Crippen molar-refractivity contribution in [2.45, 2.75) is 56.5 Å². The zero-order valence-corrected chi connectivity index (χ0v) is 17.2. The van der Waals surface area contributed by atoms with Crippen molar-refractivity contribution >= 4 is 16.7 Å². The smallest absolute Gasteiger partial charge is 0.231 e. The number of carbonyl (C=O) groups excluding carboxylic acids is 1. The third-order valence-electron chi connectivity index (χ3n) is 7.98. The summed E-state index contributed by atoms with van der Waals surface area (Å²) < 4.78 is 0. The van der Waals surface area contributed by atoms with E-state index in [0.29, 0.717) is 18.8 Å². The van der Waals surface area contributed by atoms with E-state index in [-0.39, 0.29) is 5.91 Å². The van der Waals surface area contributed by atoms with Crippen LogP contribution in [0.2, 0.25) is 0 Å². The Hall–Kier alpha value is -1.91. The maximum Gasteiger partial charge on any atom is 0.231 e. The molecule has 3 fully saturated rings. The topological polar surface area (TPSA) is 52.6 Å². The Labute approximate surface area is 173 Å². The summed E-state index contributed by atoms with van der Waals surface area (Å²) >= 11 is 0. The summed E-state index contributed by atoms with van der Waals surface area (Å²) in [6, 6.07) is 15.2. The highest BCUT2D eigenvalue weighted by Gasteiger charge is 2.60. The van der Waals surface area contributed by atoms with E-state index in [4.69, 9.17) is 0 Å². The number of nitrogens with zero attached hydrogens (tertiary/aromatic N) is 1. The van der Waals surface area contributed by atoms with Gasteiger partial charge < -0.3 is 15.3 Å². The summed E-state index contributed by atoms with van der Waals surface area (Å²) in [6.45, 7) is 3.25. The minimum absolute atomic E-state index is 0.226. The minimum atomic E-state index is -0.819. The molecular weight excluding hydrogens is 360 g/mol. The molecule has 0 radical (unpaired) electrons. The molecule has 2 aromatic rings. The van der Waals surface area contributed by atoms with Gasteiger partial charge in [0.25, 0.3) is 0 Å². The van der Waals surface area contributed by atoms with E-state index in [1.54, 1.807) is 0 Å². The molecule has 1 saturated carbocycles. The first-order valence-electron chi connectivity index (χ1n) is 11.3. The van der Waals surface area contributed by atoms with Gasteiger partial charge in [-0.05, 0) is 73.9 Å². The van der Waals surface area contributed by atoms with Crippen LogP contribution in [-0.4, -0.2) is 47.7 Å². The Balaban J connectivity index is 1.32. The number of hydrogen-bond donors (Lipinski definition) is 2. The number of hydrogen-bond acceptors (Lipinski definition) is 3. The molecule has 0 spiro atoms. The zero-order chi connectivity index (χ0) is 19.9. The summed E-state index contributed by atoms with van der Waals surface area (Å²) in [6.07, 6.45) is 6.19. The first-order chi connectivity index (χ1) is 14.1. The third-order valence-corrected chi connectivity index (χ3v) is 7.98. The van der Waals surface area contributed by atoms with Gasteiger partial charge in [0.1, 0.15) is 0 Å². The first-order valence-corrected chi connectivity index (χ1v) is 11.3. The number of benzene rings is 2. The first kappa shape index (κ1) is 19.1. The second kappa shape index (κ2) is 7.41. The van der Waals surface area contributed by atoms with E-state index in [2.05, 4.69) is 52.7 Å². The molecule has 0 atom stereocenters. The summed E-state index contributed by atoms with van der Waals surface area (Å²) in [5.74, 6) is 0.731. The normalized spacial score (nSPS) is 24.2. The summed E-state index contributed by atoms with van der Waals surface area (Å²) in [4.78, 5) is 15.7. The van der Waals surface area contributed by atoms with Gasteiger partial charge in [0.05, 0.1) is 11.0 Å². The predicted octanol–water partition coefficient (Wildman–Crippen LogP) is 3.83. The van der Waals surface area contributed by atoms with Crippen LogP contribution in [0, 0.1) is 5.41 Å². The molecule has 29 heavy (non-hydrogen) atoms. The van der Waals surface area contributed by atoms with Gasteiger partial charge in [0.15, 0.2) is 0 Å². The largest absolute Gasteiger partial charge is 0.389 e. The fourth-order valence-corrected chi connectivity index (χ4v) is 6.03. The molecule has 5 rings (SSSR count). The van der Waals surface area contributed by atoms with Crippen molar-refractivity contribution in [1.82, 2.24) is 10.2 Å². The highest BCUT2D eigenvalue weighted by molar-refractivity contribution is 5.87. The molecule has 2 aromatic carbocycles. The van der Waals surface area contributed by atoms with Gasteiger partial charge in [-0.1, -0.05) is 48.9 Å². The Bertz CT molecular complexity index is 885. The lowest BCUT2D eigenvalue weighted by Gasteiger charge is -2.55. The molecule has 1 aliphatic carbocycles. The molecule has 2 saturated heterocycles. The average Bonchev–Trinajstić information content (AvgIpc) is 2.73. The number of aliphatic hydroxyl groups is 1. The predicted molar refractivity (Wildman–Crippen MR) is 116 cm³/mol. The van der Waals surface area contributed by atoms with Gasteiger partial charge in [-0.15, -0.1) is 0 Å². The van der Waals surface area contributed by atoms with Crippen LogP contribution in [0.1, 0.15) is 56.4 Å². The molecule has 4 heteroatoms. The van der Waals surface area contributed by atoms with Gasteiger partial charge in [-0.25, -0.2) is 0 Å². The van der Waals surface area contributed by atoms with Crippen molar-refractivity contribution in [2.75, 3.05) is 26.2 Å². The molecule has 1 amide bonds. The number of likely N-dealkylation sites (tertiary alicyclic amines) is 1. The maximum atomic E-state index is 13.6. The quantitative estimate of drug-likeness (QED) is 0.835. The van der Waals surface area contributed by atoms with E-state index in [0.717, 1.165) is 58.3 Å². The van der Waals surface area contributed by atoms with E-state index in [1.165, 1.54) is 16.3 Å². The standard InChI is InChI=1S/C25H32N2O2/c28-23(24(11-4-12-24)25(29)13-15-26-16-14-25)27-17-9-20(10-18-27)22-8-3-6-19-5-1-2-7-21(19)22/h1-3,5-8,20,26,29H,4,9-18H2. The molecule has 0 bridgehead atoms. The van der Waals surface area contributed by atoms with Crippen LogP contribution in [0.15, 0.2) is 42.5 Å². The van der Waals surface area contributed by atoms with Gasteiger partial charge in [-0.2, -0.15) is 0 Å². The van der Waals surface area contributed by atoms with Gasteiger partial charge >= 0.3 is 0 Å². The van der Waals surface area contributed by atoms with Crippen molar-refractivity contribution < 1.29 is 9.90 Å². The maximum absolute atomic E-state index is 13.6. The van der Waals surface area contributed by atoms with Gasteiger partial charge in [0.2, 0.25) is 5.91 Å². The molecule has 2 aliphatic heterocycles. The Morgan fingerprint density at radius 3 is 2.34 bits per heavy atom. The molecule has 3 aliphatic rings. The SMILES string of the molecule is O=C(N1CCC(c2cccc3ccccc23)CC1)C1(C2(O)CCNCC2)CCC1. The molecule has 0 unspecified atom stereocenters. The number of carbonyl (C=O) groups is 1. The number of rotatable bonds is 3. The van der Waals surface area contributed by atoms with Crippen LogP contribution in [0.5, 0.6) is 0 Å². The van der Waals surface area contributed by atoms with Gasteiger partial charge in [-0.3, -0.25) is 4.79 Å². The Kier molecular flexibility index (Phi) is 4.87. The lowest BCUT2D eigenvalue weighted by atomic mass is 9.55. The van der Waals surface area contributed by atoms with Crippen LogP contribution in [0.4, 0.5) is 0 Å². The van der Waals surface area contributed by atoms with Crippen molar-refractivity contribution in [3.05, 3.63) is 48.0 Å².